The Kier molecular flexibility index (Phi) is 1.45. The summed E-state index contributed by atoms with van der Waals surface area (Å²) in [5.41, 5.74) is 1.77. The van der Waals surface area contributed by atoms with Crippen molar-refractivity contribution in [3.8, 4) is 11.5 Å². The number of rotatable bonds is 0. The molecule has 2 aliphatic rings. The third kappa shape index (κ3) is 0.968. The molecule has 0 aromatic heterocycles. The largest absolute Gasteiger partial charge is 0.486 e. The van der Waals surface area contributed by atoms with E-state index in [1.807, 2.05) is 12.1 Å². The van der Waals surface area contributed by atoms with Gasteiger partial charge in [-0.2, -0.15) is 0 Å². The van der Waals surface area contributed by atoms with Gasteiger partial charge in [0.25, 0.3) is 0 Å². The molecule has 0 radical (unpaired) electrons. The summed E-state index contributed by atoms with van der Waals surface area (Å²) >= 11 is 0. The van der Waals surface area contributed by atoms with Gasteiger partial charge in [-0.15, -0.1) is 0 Å². The summed E-state index contributed by atoms with van der Waals surface area (Å²) in [6.07, 6.45) is 0.391. The Morgan fingerprint density at radius 3 is 3.00 bits per heavy atom. The lowest BCUT2D eigenvalue weighted by Crippen LogP contribution is -2.16. The molecular formula is C10H9NO3. The minimum Gasteiger partial charge on any atom is -0.486 e. The van der Waals surface area contributed by atoms with Crippen molar-refractivity contribution in [3.63, 3.8) is 0 Å². The van der Waals surface area contributed by atoms with Crippen LogP contribution in [0.25, 0.3) is 0 Å². The van der Waals surface area contributed by atoms with E-state index < -0.39 is 0 Å². The van der Waals surface area contributed by atoms with Crippen molar-refractivity contribution in [3.05, 3.63) is 17.7 Å². The number of carbonyl (C=O) groups excluding carboxylic acids is 1. The summed E-state index contributed by atoms with van der Waals surface area (Å²) in [5, 5.41) is 2.77. The van der Waals surface area contributed by atoms with Crippen molar-refractivity contribution >= 4 is 11.6 Å². The number of ether oxygens (including phenoxy) is 2. The van der Waals surface area contributed by atoms with Crippen molar-refractivity contribution in [2.75, 3.05) is 18.5 Å². The van der Waals surface area contributed by atoms with Gasteiger partial charge in [-0.05, 0) is 12.1 Å². The van der Waals surface area contributed by atoms with Gasteiger partial charge in [-0.3, -0.25) is 4.79 Å². The number of carbonyl (C=O) groups is 1. The fourth-order valence-corrected chi connectivity index (χ4v) is 1.82. The van der Waals surface area contributed by atoms with Crippen molar-refractivity contribution in [1.82, 2.24) is 0 Å². The second kappa shape index (κ2) is 2.64. The molecule has 2 aliphatic heterocycles. The van der Waals surface area contributed by atoms with E-state index in [9.17, 15) is 4.79 Å². The summed E-state index contributed by atoms with van der Waals surface area (Å²) in [4.78, 5) is 11.2. The molecule has 0 aliphatic carbocycles. The van der Waals surface area contributed by atoms with Gasteiger partial charge in [0.15, 0.2) is 11.5 Å². The Balaban J connectivity index is 2.16. The minimum absolute atomic E-state index is 0.0163. The molecule has 72 valence electrons. The summed E-state index contributed by atoms with van der Waals surface area (Å²) < 4.78 is 10.9. The Bertz CT molecular complexity index is 414. The summed E-state index contributed by atoms with van der Waals surface area (Å²) in [6, 6.07) is 3.69. The first kappa shape index (κ1) is 7.67. The van der Waals surface area contributed by atoms with Crippen molar-refractivity contribution in [2.24, 2.45) is 0 Å². The van der Waals surface area contributed by atoms with Gasteiger partial charge in [0, 0.05) is 11.3 Å². The average molecular weight is 191 g/mol. The van der Waals surface area contributed by atoms with Crippen molar-refractivity contribution in [2.45, 2.75) is 6.42 Å². The van der Waals surface area contributed by atoms with Crippen LogP contribution in [-0.2, 0) is 11.2 Å². The molecule has 4 heteroatoms. The van der Waals surface area contributed by atoms with Gasteiger partial charge in [0.1, 0.15) is 13.2 Å². The highest BCUT2D eigenvalue weighted by molar-refractivity contribution is 6.00. The molecule has 0 fully saturated rings. The van der Waals surface area contributed by atoms with E-state index in [-0.39, 0.29) is 5.91 Å². The number of amides is 1. The van der Waals surface area contributed by atoms with E-state index in [0.29, 0.717) is 19.6 Å². The Hall–Kier alpha value is -1.71. The highest BCUT2D eigenvalue weighted by Crippen LogP contribution is 2.40. The predicted molar refractivity (Wildman–Crippen MR) is 49.8 cm³/mol. The fourth-order valence-electron chi connectivity index (χ4n) is 1.82. The van der Waals surface area contributed by atoms with Gasteiger partial charge < -0.3 is 14.8 Å². The number of hydrogen-bond acceptors (Lipinski definition) is 3. The monoisotopic (exact) mass is 191 g/mol. The highest BCUT2D eigenvalue weighted by Gasteiger charge is 2.26. The Morgan fingerprint density at radius 1 is 1.21 bits per heavy atom. The molecule has 0 bridgehead atoms. The van der Waals surface area contributed by atoms with E-state index >= 15 is 0 Å². The zero-order valence-electron chi connectivity index (χ0n) is 7.50. The molecule has 1 amide bonds. The minimum atomic E-state index is 0.0163. The topological polar surface area (TPSA) is 47.6 Å². The van der Waals surface area contributed by atoms with Crippen LogP contribution in [0.1, 0.15) is 5.56 Å². The summed E-state index contributed by atoms with van der Waals surface area (Å²) in [7, 11) is 0. The summed E-state index contributed by atoms with van der Waals surface area (Å²) in [5.74, 6) is 1.49. The molecule has 0 saturated heterocycles. The van der Waals surface area contributed by atoms with Gasteiger partial charge >= 0.3 is 0 Å². The first-order valence-corrected chi connectivity index (χ1v) is 4.56. The van der Waals surface area contributed by atoms with Crippen LogP contribution in [0.4, 0.5) is 5.69 Å². The summed E-state index contributed by atoms with van der Waals surface area (Å²) in [6.45, 7) is 1.13. The SMILES string of the molecule is O=C1Cc2c(ccc3c2OCCO3)N1. The van der Waals surface area contributed by atoms with Crippen LogP contribution in [-0.4, -0.2) is 19.1 Å². The van der Waals surface area contributed by atoms with E-state index in [1.165, 1.54) is 0 Å². The number of anilines is 1. The normalized spacial score (nSPS) is 17.6. The van der Waals surface area contributed by atoms with Crippen LogP contribution in [0.2, 0.25) is 0 Å². The van der Waals surface area contributed by atoms with Crippen LogP contribution in [0.5, 0.6) is 11.5 Å². The maximum absolute atomic E-state index is 11.2. The van der Waals surface area contributed by atoms with Crippen LogP contribution in [0.3, 0.4) is 0 Å². The lowest BCUT2D eigenvalue weighted by molar-refractivity contribution is -0.115. The molecule has 1 N–H and O–H groups in total. The molecule has 0 unspecified atom stereocenters. The maximum Gasteiger partial charge on any atom is 0.229 e. The van der Waals surface area contributed by atoms with Gasteiger partial charge in [0.2, 0.25) is 5.91 Å². The van der Waals surface area contributed by atoms with Crippen LogP contribution >= 0.6 is 0 Å². The first-order valence-electron chi connectivity index (χ1n) is 4.56. The van der Waals surface area contributed by atoms with Crippen LogP contribution in [0.15, 0.2) is 12.1 Å². The third-order valence-electron chi connectivity index (χ3n) is 2.42. The first-order chi connectivity index (χ1) is 6.84. The quantitative estimate of drug-likeness (QED) is 0.664. The van der Waals surface area contributed by atoms with Gasteiger partial charge in [0.05, 0.1) is 6.42 Å². The van der Waals surface area contributed by atoms with Gasteiger partial charge in [-0.25, -0.2) is 0 Å². The molecular weight excluding hydrogens is 182 g/mol. The molecule has 14 heavy (non-hydrogen) atoms. The molecule has 1 aromatic rings. The molecule has 0 saturated carbocycles. The van der Waals surface area contributed by atoms with Gasteiger partial charge in [-0.1, -0.05) is 0 Å². The number of benzene rings is 1. The lowest BCUT2D eigenvalue weighted by Gasteiger charge is -2.20. The smallest absolute Gasteiger partial charge is 0.229 e. The predicted octanol–water partition coefficient (Wildman–Crippen LogP) is 0.952. The second-order valence-corrected chi connectivity index (χ2v) is 3.34. The second-order valence-electron chi connectivity index (χ2n) is 3.34. The molecule has 4 nitrogen and oxygen atoms in total. The standard InChI is InChI=1S/C10H9NO3/c12-9-5-6-7(11-9)1-2-8-10(6)14-4-3-13-8/h1-2H,3-5H2,(H,11,12). The number of nitrogens with one attached hydrogen (secondary N) is 1. The number of fused-ring (bicyclic) bond motifs is 3. The Labute approximate surface area is 80.8 Å². The zero-order valence-corrected chi connectivity index (χ0v) is 7.50. The fraction of sp³-hybridized carbons (Fsp3) is 0.300. The van der Waals surface area contributed by atoms with E-state index in [1.54, 1.807) is 0 Å². The molecule has 1 aromatic carbocycles. The molecule has 0 atom stereocenters. The molecule has 3 rings (SSSR count). The highest BCUT2D eigenvalue weighted by atomic mass is 16.6. The van der Waals surface area contributed by atoms with Crippen molar-refractivity contribution < 1.29 is 14.3 Å². The molecule has 2 heterocycles. The zero-order chi connectivity index (χ0) is 9.54. The Morgan fingerprint density at radius 2 is 2.07 bits per heavy atom. The van der Waals surface area contributed by atoms with E-state index in [0.717, 1.165) is 22.7 Å². The third-order valence-corrected chi connectivity index (χ3v) is 2.42. The van der Waals surface area contributed by atoms with Crippen molar-refractivity contribution in [1.29, 1.82) is 0 Å². The number of hydrogen-bond donors (Lipinski definition) is 1. The molecule has 0 spiro atoms. The maximum atomic E-state index is 11.2. The lowest BCUT2D eigenvalue weighted by atomic mass is 10.1. The van der Waals surface area contributed by atoms with Crippen LogP contribution in [0, 0.1) is 0 Å². The average Bonchev–Trinajstić information content (AvgIpc) is 2.59. The van der Waals surface area contributed by atoms with Crippen LogP contribution < -0.4 is 14.8 Å². The van der Waals surface area contributed by atoms with E-state index in [2.05, 4.69) is 5.32 Å². The van der Waals surface area contributed by atoms with E-state index in [4.69, 9.17) is 9.47 Å².